The molecule has 0 spiro atoms. The third-order valence-electron chi connectivity index (χ3n) is 4.91. The smallest absolute Gasteiger partial charge is 0.270 e. The van der Waals surface area contributed by atoms with Crippen LogP contribution in [-0.2, 0) is 6.61 Å². The van der Waals surface area contributed by atoms with Gasteiger partial charge in [-0.05, 0) is 29.3 Å². The number of rotatable bonds is 6. The molecule has 156 valence electrons. The number of pyridine rings is 1. The van der Waals surface area contributed by atoms with E-state index in [9.17, 15) is 15.4 Å². The second-order valence-electron chi connectivity index (χ2n) is 7.04. The van der Waals surface area contributed by atoms with Crippen LogP contribution in [0, 0.1) is 21.4 Å². The summed E-state index contributed by atoms with van der Waals surface area (Å²) >= 11 is 0. The number of aromatic nitrogens is 1. The van der Waals surface area contributed by atoms with Crippen molar-refractivity contribution in [2.75, 3.05) is 5.73 Å². The van der Waals surface area contributed by atoms with Crippen molar-refractivity contribution in [3.63, 3.8) is 0 Å². The van der Waals surface area contributed by atoms with Crippen molar-refractivity contribution in [3.8, 4) is 34.2 Å². The number of non-ortho nitro benzene ring substituents is 1. The standard InChI is InChI=1S/C25H18N4O3/c26-15-23-22(14-24(28-25(23)27)19-9-4-10-20(12-19)29(30)31)18-8-5-11-21(13-18)32-16-17-6-2-1-3-7-17/h1-14H,16H2,(H2,27,28). The van der Waals surface area contributed by atoms with Gasteiger partial charge in [0.2, 0.25) is 0 Å². The molecule has 32 heavy (non-hydrogen) atoms. The molecule has 0 radical (unpaired) electrons. The molecule has 0 saturated heterocycles. The van der Waals surface area contributed by atoms with Crippen LogP contribution in [-0.4, -0.2) is 9.91 Å². The lowest BCUT2D eigenvalue weighted by Gasteiger charge is -2.12. The Labute approximate surface area is 184 Å². The fourth-order valence-corrected chi connectivity index (χ4v) is 3.33. The number of nitro groups is 1. The Morgan fingerprint density at radius 2 is 1.72 bits per heavy atom. The van der Waals surface area contributed by atoms with E-state index in [0.29, 0.717) is 29.2 Å². The number of benzene rings is 3. The van der Waals surface area contributed by atoms with Gasteiger partial charge in [-0.3, -0.25) is 10.1 Å². The van der Waals surface area contributed by atoms with E-state index in [1.165, 1.54) is 12.1 Å². The van der Waals surface area contributed by atoms with Crippen LogP contribution < -0.4 is 10.5 Å². The Morgan fingerprint density at radius 1 is 0.969 bits per heavy atom. The van der Waals surface area contributed by atoms with Gasteiger partial charge in [0, 0.05) is 23.3 Å². The number of nitro benzene ring substituents is 1. The first-order valence-electron chi connectivity index (χ1n) is 9.78. The molecule has 0 amide bonds. The number of nitrogens with zero attached hydrogens (tertiary/aromatic N) is 3. The summed E-state index contributed by atoms with van der Waals surface area (Å²) in [5.41, 5.74) is 9.58. The van der Waals surface area contributed by atoms with Crippen LogP contribution in [0.4, 0.5) is 11.5 Å². The van der Waals surface area contributed by atoms with Crippen molar-refractivity contribution in [1.29, 1.82) is 5.26 Å². The van der Waals surface area contributed by atoms with Gasteiger partial charge in [-0.15, -0.1) is 0 Å². The van der Waals surface area contributed by atoms with Gasteiger partial charge in [-0.2, -0.15) is 5.26 Å². The highest BCUT2D eigenvalue weighted by atomic mass is 16.6. The predicted molar refractivity (Wildman–Crippen MR) is 122 cm³/mol. The molecule has 3 aromatic carbocycles. The summed E-state index contributed by atoms with van der Waals surface area (Å²) in [6.07, 6.45) is 0. The van der Waals surface area contributed by atoms with Gasteiger partial charge < -0.3 is 10.5 Å². The summed E-state index contributed by atoms with van der Waals surface area (Å²) in [7, 11) is 0. The van der Waals surface area contributed by atoms with E-state index in [4.69, 9.17) is 10.5 Å². The van der Waals surface area contributed by atoms with Gasteiger partial charge in [-0.25, -0.2) is 4.98 Å². The molecular weight excluding hydrogens is 404 g/mol. The highest BCUT2D eigenvalue weighted by molar-refractivity contribution is 5.81. The second kappa shape index (κ2) is 8.98. The van der Waals surface area contributed by atoms with E-state index in [-0.39, 0.29) is 17.1 Å². The van der Waals surface area contributed by atoms with E-state index in [1.54, 1.807) is 18.2 Å². The molecule has 0 aliphatic rings. The summed E-state index contributed by atoms with van der Waals surface area (Å²) < 4.78 is 5.91. The number of nitriles is 1. The van der Waals surface area contributed by atoms with Gasteiger partial charge in [0.1, 0.15) is 29.8 Å². The average molecular weight is 422 g/mol. The lowest BCUT2D eigenvalue weighted by molar-refractivity contribution is -0.384. The van der Waals surface area contributed by atoms with Crippen LogP contribution >= 0.6 is 0 Å². The van der Waals surface area contributed by atoms with Crippen molar-refractivity contribution in [2.45, 2.75) is 6.61 Å². The summed E-state index contributed by atoms with van der Waals surface area (Å²) in [6, 6.07) is 27.1. The van der Waals surface area contributed by atoms with Crippen molar-refractivity contribution >= 4 is 11.5 Å². The average Bonchev–Trinajstić information content (AvgIpc) is 2.83. The zero-order chi connectivity index (χ0) is 22.5. The molecule has 1 heterocycles. The van der Waals surface area contributed by atoms with E-state index in [1.807, 2.05) is 54.6 Å². The first-order valence-corrected chi connectivity index (χ1v) is 9.78. The first kappa shape index (κ1) is 20.6. The minimum atomic E-state index is -0.467. The number of hydrogen-bond acceptors (Lipinski definition) is 6. The van der Waals surface area contributed by atoms with Crippen LogP contribution in [0.2, 0.25) is 0 Å². The molecule has 4 aromatic rings. The number of anilines is 1. The maximum atomic E-state index is 11.1. The normalized spacial score (nSPS) is 10.3. The van der Waals surface area contributed by atoms with Gasteiger partial charge in [0.25, 0.3) is 5.69 Å². The lowest BCUT2D eigenvalue weighted by atomic mass is 9.98. The van der Waals surface area contributed by atoms with Gasteiger partial charge in [-0.1, -0.05) is 54.6 Å². The van der Waals surface area contributed by atoms with Crippen LogP contribution in [0.1, 0.15) is 11.1 Å². The van der Waals surface area contributed by atoms with Crippen LogP contribution in [0.15, 0.2) is 84.9 Å². The predicted octanol–water partition coefficient (Wildman–Crippen LogP) is 5.36. The monoisotopic (exact) mass is 422 g/mol. The molecule has 0 bridgehead atoms. The van der Waals surface area contributed by atoms with Gasteiger partial charge in [0.15, 0.2) is 0 Å². The molecule has 1 aromatic heterocycles. The molecule has 0 atom stereocenters. The van der Waals surface area contributed by atoms with E-state index >= 15 is 0 Å². The molecule has 0 saturated carbocycles. The zero-order valence-corrected chi connectivity index (χ0v) is 16.9. The molecule has 7 nitrogen and oxygen atoms in total. The fraction of sp³-hybridized carbons (Fsp3) is 0.0400. The quantitative estimate of drug-likeness (QED) is 0.330. The van der Waals surface area contributed by atoms with Crippen LogP contribution in [0.3, 0.4) is 0 Å². The summed E-state index contributed by atoms with van der Waals surface area (Å²) in [5, 5.41) is 20.8. The summed E-state index contributed by atoms with van der Waals surface area (Å²) in [6.45, 7) is 0.410. The Hall–Kier alpha value is -4.70. The van der Waals surface area contributed by atoms with Crippen molar-refractivity contribution in [1.82, 2.24) is 4.98 Å². The van der Waals surface area contributed by atoms with Gasteiger partial charge >= 0.3 is 0 Å². The Balaban J connectivity index is 1.72. The first-order chi connectivity index (χ1) is 15.5. The van der Waals surface area contributed by atoms with Crippen molar-refractivity contribution < 1.29 is 9.66 Å². The largest absolute Gasteiger partial charge is 0.489 e. The summed E-state index contributed by atoms with van der Waals surface area (Å²) in [4.78, 5) is 15.0. The maximum absolute atomic E-state index is 11.1. The Kier molecular flexibility index (Phi) is 5.77. The van der Waals surface area contributed by atoms with Gasteiger partial charge in [0.05, 0.1) is 10.6 Å². The van der Waals surface area contributed by atoms with E-state index in [2.05, 4.69) is 11.1 Å². The van der Waals surface area contributed by atoms with Crippen LogP contribution in [0.5, 0.6) is 5.75 Å². The molecule has 0 aliphatic carbocycles. The minimum absolute atomic E-state index is 0.0508. The third-order valence-corrected chi connectivity index (χ3v) is 4.91. The molecular formula is C25H18N4O3. The SMILES string of the molecule is N#Cc1c(-c2cccc(OCc3ccccc3)c2)cc(-c2cccc([N+](=O)[O-])c2)nc1N. The lowest BCUT2D eigenvalue weighted by Crippen LogP contribution is -2.00. The van der Waals surface area contributed by atoms with E-state index in [0.717, 1.165) is 11.1 Å². The van der Waals surface area contributed by atoms with Crippen molar-refractivity contribution in [3.05, 3.63) is 106 Å². The topological polar surface area (TPSA) is 115 Å². The van der Waals surface area contributed by atoms with Crippen molar-refractivity contribution in [2.24, 2.45) is 0 Å². The second-order valence-corrected chi connectivity index (χ2v) is 7.04. The highest BCUT2D eigenvalue weighted by Crippen LogP contribution is 2.33. The number of hydrogen-bond donors (Lipinski definition) is 1. The molecule has 0 aliphatic heterocycles. The molecule has 7 heteroatoms. The van der Waals surface area contributed by atoms with Crippen LogP contribution in [0.25, 0.3) is 22.4 Å². The summed E-state index contributed by atoms with van der Waals surface area (Å²) in [5.74, 6) is 0.699. The molecule has 4 rings (SSSR count). The molecule has 0 fully saturated rings. The molecule has 2 N–H and O–H groups in total. The molecule has 0 unspecified atom stereocenters. The number of nitrogens with two attached hydrogens (primary N) is 1. The Bertz CT molecular complexity index is 1330. The maximum Gasteiger partial charge on any atom is 0.270 e. The Morgan fingerprint density at radius 3 is 2.47 bits per heavy atom. The number of ether oxygens (including phenoxy) is 1. The minimum Gasteiger partial charge on any atom is -0.489 e. The third kappa shape index (κ3) is 4.40. The zero-order valence-electron chi connectivity index (χ0n) is 16.9. The van der Waals surface area contributed by atoms with E-state index < -0.39 is 4.92 Å². The highest BCUT2D eigenvalue weighted by Gasteiger charge is 2.15. The number of nitrogen functional groups attached to an aromatic ring is 1. The fourth-order valence-electron chi connectivity index (χ4n) is 3.33.